The quantitative estimate of drug-likeness (QED) is 0.412. The van der Waals surface area contributed by atoms with E-state index in [1.165, 1.54) is 39.7 Å². The van der Waals surface area contributed by atoms with Gasteiger partial charge in [-0.1, -0.05) is 47.1 Å². The smallest absolute Gasteiger partial charge is 0.334 e. The van der Waals surface area contributed by atoms with Gasteiger partial charge >= 0.3 is 11.9 Å². The normalized spacial score (nSPS) is 46.0. The third-order valence-corrected chi connectivity index (χ3v) is 11.0. The van der Waals surface area contributed by atoms with Crippen LogP contribution in [0.25, 0.3) is 0 Å². The lowest BCUT2D eigenvalue weighted by atomic mass is 9.34. The molecule has 4 rings (SSSR count). The summed E-state index contributed by atoms with van der Waals surface area (Å²) in [5.74, 6) is -0.204. The Bertz CT molecular complexity index is 874. The van der Waals surface area contributed by atoms with E-state index < -0.39 is 23.4 Å². The molecule has 0 saturated heterocycles. The highest BCUT2D eigenvalue weighted by Crippen LogP contribution is 2.73. The van der Waals surface area contributed by atoms with Gasteiger partial charge in [-0.3, -0.25) is 4.79 Å². The zero-order chi connectivity index (χ0) is 24.4. The Kier molecular flexibility index (Phi) is 5.90. The van der Waals surface area contributed by atoms with Gasteiger partial charge in [-0.05, 0) is 72.5 Å². The first-order valence-corrected chi connectivity index (χ1v) is 12.8. The highest BCUT2D eigenvalue weighted by atomic mass is 16.5. The van der Waals surface area contributed by atoms with Crippen molar-refractivity contribution in [3.8, 4) is 0 Å². The number of carbonyl (C=O) groups excluding carboxylic acids is 3. The second-order valence-electron chi connectivity index (χ2n) is 12.8. The summed E-state index contributed by atoms with van der Waals surface area (Å²) in [6, 6.07) is 0. The van der Waals surface area contributed by atoms with E-state index in [0.29, 0.717) is 29.2 Å². The fraction of sp³-hybridized carbons (Fsp3) is 0.821. The van der Waals surface area contributed by atoms with Gasteiger partial charge in [0.1, 0.15) is 12.4 Å². The summed E-state index contributed by atoms with van der Waals surface area (Å²) in [4.78, 5) is 37.4. The molecule has 8 atom stereocenters. The van der Waals surface area contributed by atoms with Crippen molar-refractivity contribution < 1.29 is 23.9 Å². The summed E-state index contributed by atoms with van der Waals surface area (Å²) in [5, 5.41) is 0. The summed E-state index contributed by atoms with van der Waals surface area (Å²) in [7, 11) is 1.36. The highest BCUT2D eigenvalue weighted by molar-refractivity contribution is 5.93. The minimum absolute atomic E-state index is 0.0173. The molecule has 3 saturated carbocycles. The second-order valence-corrected chi connectivity index (χ2v) is 12.8. The van der Waals surface area contributed by atoms with E-state index in [-0.39, 0.29) is 22.7 Å². The van der Waals surface area contributed by atoms with Crippen molar-refractivity contribution >= 4 is 18.2 Å². The number of methoxy groups -OCH3 is 1. The van der Waals surface area contributed by atoms with E-state index in [0.717, 1.165) is 19.1 Å². The zero-order valence-electron chi connectivity index (χ0n) is 21.5. The molecule has 184 valence electrons. The Morgan fingerprint density at radius 1 is 1.00 bits per heavy atom. The van der Waals surface area contributed by atoms with Gasteiger partial charge in [-0.15, -0.1) is 0 Å². The van der Waals surface area contributed by atoms with Crippen LogP contribution in [0.4, 0.5) is 0 Å². The van der Waals surface area contributed by atoms with Gasteiger partial charge in [0.05, 0.1) is 13.0 Å². The molecule has 0 amide bonds. The lowest BCUT2D eigenvalue weighted by Crippen LogP contribution is -2.67. The molecule has 5 heteroatoms. The minimum Gasteiger partial charge on any atom is -0.466 e. The minimum atomic E-state index is -0.640. The fourth-order valence-electron chi connectivity index (χ4n) is 9.62. The monoisotopic (exact) mass is 458 g/mol. The molecule has 0 heterocycles. The maximum atomic E-state index is 12.6. The van der Waals surface area contributed by atoms with Gasteiger partial charge in [0, 0.05) is 17.9 Å². The van der Waals surface area contributed by atoms with Crippen molar-refractivity contribution in [2.24, 2.45) is 45.3 Å². The first kappa shape index (κ1) is 24.5. The van der Waals surface area contributed by atoms with Gasteiger partial charge in [0.25, 0.3) is 0 Å². The average Bonchev–Trinajstić information content (AvgIpc) is 2.72. The number of carbonyl (C=O) groups is 3. The van der Waals surface area contributed by atoms with Gasteiger partial charge < -0.3 is 14.3 Å². The Balaban J connectivity index is 1.86. The Hall–Kier alpha value is -1.65. The van der Waals surface area contributed by atoms with Crippen molar-refractivity contribution in [1.82, 2.24) is 0 Å². The number of fused-ring (bicyclic) bond motifs is 5. The van der Waals surface area contributed by atoms with Crippen molar-refractivity contribution in [2.75, 3.05) is 7.11 Å². The van der Waals surface area contributed by atoms with Crippen molar-refractivity contribution in [1.29, 1.82) is 0 Å². The molecule has 0 radical (unpaired) electrons. The molecule has 3 fully saturated rings. The molecule has 5 nitrogen and oxygen atoms in total. The average molecular weight is 459 g/mol. The highest BCUT2D eigenvalue weighted by Gasteiger charge is 2.69. The Labute approximate surface area is 199 Å². The molecule has 0 unspecified atom stereocenters. The Morgan fingerprint density at radius 3 is 2.27 bits per heavy atom. The molecule has 0 N–H and O–H groups in total. The van der Waals surface area contributed by atoms with Gasteiger partial charge in [0.2, 0.25) is 0 Å². The molecular weight excluding hydrogens is 416 g/mol. The predicted octanol–water partition coefficient (Wildman–Crippen LogP) is 5.51. The number of rotatable bonds is 3. The first-order chi connectivity index (χ1) is 15.4. The molecular formula is C28H42O5. The summed E-state index contributed by atoms with van der Waals surface area (Å²) >= 11 is 0. The van der Waals surface area contributed by atoms with E-state index in [2.05, 4.69) is 34.6 Å². The first-order valence-electron chi connectivity index (χ1n) is 12.8. The lowest BCUT2D eigenvalue weighted by Gasteiger charge is -2.70. The number of aldehydes is 1. The molecule has 4 aliphatic rings. The molecule has 0 aromatic heterocycles. The molecule has 0 spiro atoms. The van der Waals surface area contributed by atoms with E-state index >= 15 is 0 Å². The van der Waals surface area contributed by atoms with E-state index in [1.807, 2.05) is 6.08 Å². The molecule has 0 aromatic carbocycles. The standard InChI is InChI=1S/C28H42O5/c1-17(30)33-23-15-22-26(4)13-8-12-25(2,3)20(26)11-14-27(22,5)21-10-9-18(24(31)32-7)19(16-29)28(21,23)6/h9,16,19-23H,8,10-15H2,1-7H3/t19-,20-,21-,22+,23-,26-,27-,28+/m0/s1. The number of hydrogen-bond acceptors (Lipinski definition) is 5. The number of ether oxygens (including phenoxy) is 2. The third kappa shape index (κ3) is 3.35. The number of esters is 2. The summed E-state index contributed by atoms with van der Waals surface area (Å²) in [6.07, 6.45) is 9.91. The zero-order valence-corrected chi connectivity index (χ0v) is 21.5. The molecule has 33 heavy (non-hydrogen) atoms. The largest absolute Gasteiger partial charge is 0.466 e. The van der Waals surface area contributed by atoms with Crippen LogP contribution >= 0.6 is 0 Å². The van der Waals surface area contributed by atoms with E-state index in [4.69, 9.17) is 9.47 Å². The summed E-state index contributed by atoms with van der Waals surface area (Å²) in [5.41, 5.74) is 0.289. The van der Waals surface area contributed by atoms with Crippen LogP contribution in [0.2, 0.25) is 0 Å². The summed E-state index contributed by atoms with van der Waals surface area (Å²) in [6.45, 7) is 13.3. The van der Waals surface area contributed by atoms with Crippen LogP contribution in [0.5, 0.6) is 0 Å². The van der Waals surface area contributed by atoms with Crippen molar-refractivity contribution in [3.05, 3.63) is 11.6 Å². The van der Waals surface area contributed by atoms with Crippen LogP contribution in [0, 0.1) is 45.3 Å². The van der Waals surface area contributed by atoms with Gasteiger partial charge in [0.15, 0.2) is 0 Å². The second kappa shape index (κ2) is 7.95. The van der Waals surface area contributed by atoms with Crippen LogP contribution in [-0.2, 0) is 23.9 Å². The molecule has 0 bridgehead atoms. The van der Waals surface area contributed by atoms with Crippen molar-refractivity contribution in [3.63, 3.8) is 0 Å². The Morgan fingerprint density at radius 2 is 1.67 bits per heavy atom. The molecule has 4 aliphatic carbocycles. The predicted molar refractivity (Wildman–Crippen MR) is 126 cm³/mol. The van der Waals surface area contributed by atoms with Crippen LogP contribution in [0.3, 0.4) is 0 Å². The van der Waals surface area contributed by atoms with Crippen molar-refractivity contribution in [2.45, 2.75) is 92.6 Å². The van der Waals surface area contributed by atoms with E-state index in [9.17, 15) is 14.4 Å². The van der Waals surface area contributed by atoms with E-state index in [1.54, 1.807) is 0 Å². The third-order valence-electron chi connectivity index (χ3n) is 11.0. The summed E-state index contributed by atoms with van der Waals surface area (Å²) < 4.78 is 11.1. The van der Waals surface area contributed by atoms with Gasteiger partial charge in [-0.25, -0.2) is 4.79 Å². The fourth-order valence-corrected chi connectivity index (χ4v) is 9.62. The topological polar surface area (TPSA) is 69.7 Å². The molecule has 0 aromatic rings. The van der Waals surface area contributed by atoms with Crippen LogP contribution in [0.1, 0.15) is 86.5 Å². The maximum Gasteiger partial charge on any atom is 0.334 e. The van der Waals surface area contributed by atoms with Crippen LogP contribution < -0.4 is 0 Å². The van der Waals surface area contributed by atoms with Crippen LogP contribution in [-0.4, -0.2) is 31.4 Å². The molecule has 0 aliphatic heterocycles. The van der Waals surface area contributed by atoms with Gasteiger partial charge in [-0.2, -0.15) is 0 Å². The number of allylic oxidation sites excluding steroid dienone is 1. The number of hydrogen-bond donors (Lipinski definition) is 0. The SMILES string of the molecule is COC(=O)C1=CC[C@H]2[C@]3(C)CC[C@H]4C(C)(C)CCC[C@]4(C)[C@H]3C[C@H](OC(C)=O)[C@]2(C)[C@H]1C=O. The van der Waals surface area contributed by atoms with Crippen LogP contribution in [0.15, 0.2) is 11.6 Å². The maximum absolute atomic E-state index is 12.6. The lowest BCUT2D eigenvalue weighted by molar-refractivity contribution is -0.238.